The lowest BCUT2D eigenvalue weighted by molar-refractivity contribution is 0.291. The average Bonchev–Trinajstić information content (AvgIpc) is 2.27. The Labute approximate surface area is 117 Å². The topological polar surface area (TPSA) is 39.1 Å². The van der Waals surface area contributed by atoms with E-state index in [1.54, 1.807) is 0 Å². The van der Waals surface area contributed by atoms with Crippen LogP contribution in [0.15, 0.2) is 28.7 Å². The van der Waals surface area contributed by atoms with E-state index in [-0.39, 0.29) is 11.6 Å². The van der Waals surface area contributed by atoms with Crippen molar-refractivity contribution in [2.45, 2.75) is 31.8 Å². The molecule has 0 radical (unpaired) electrons. The van der Waals surface area contributed by atoms with Crippen LogP contribution in [0.2, 0.25) is 0 Å². The molecular formula is C14H18BrN3. The fourth-order valence-corrected chi connectivity index (χ4v) is 2.93. The van der Waals surface area contributed by atoms with Gasteiger partial charge in [-0.25, -0.2) is 0 Å². The van der Waals surface area contributed by atoms with Crippen molar-refractivity contribution in [1.82, 2.24) is 5.32 Å². The molecule has 1 unspecified atom stereocenters. The maximum absolute atomic E-state index is 8.87. The first-order valence-electron chi connectivity index (χ1n) is 6.15. The summed E-state index contributed by atoms with van der Waals surface area (Å²) in [6.07, 6.45) is 0.550. The second-order valence-electron chi connectivity index (χ2n) is 5.45. The van der Waals surface area contributed by atoms with Crippen LogP contribution in [0.1, 0.15) is 20.3 Å². The van der Waals surface area contributed by atoms with Gasteiger partial charge in [-0.15, -0.1) is 0 Å². The lowest BCUT2D eigenvalue weighted by Crippen LogP contribution is -2.62. The van der Waals surface area contributed by atoms with Gasteiger partial charge in [0, 0.05) is 34.8 Å². The molecule has 0 amide bonds. The molecule has 96 valence electrons. The van der Waals surface area contributed by atoms with Gasteiger partial charge in [0.1, 0.15) is 0 Å². The highest BCUT2D eigenvalue weighted by molar-refractivity contribution is 9.10. The molecule has 4 heteroatoms. The first-order valence-corrected chi connectivity index (χ1v) is 6.95. The normalized spacial score (nSPS) is 22.6. The number of nitriles is 1. The van der Waals surface area contributed by atoms with Gasteiger partial charge in [-0.3, -0.25) is 0 Å². The van der Waals surface area contributed by atoms with E-state index in [9.17, 15) is 0 Å². The molecule has 0 aromatic heterocycles. The monoisotopic (exact) mass is 307 g/mol. The largest absolute Gasteiger partial charge is 0.368 e. The summed E-state index contributed by atoms with van der Waals surface area (Å²) in [5, 5.41) is 12.4. The van der Waals surface area contributed by atoms with E-state index in [1.165, 1.54) is 5.69 Å². The van der Waals surface area contributed by atoms with Crippen LogP contribution in [0.25, 0.3) is 0 Å². The van der Waals surface area contributed by atoms with Gasteiger partial charge in [-0.1, -0.05) is 22.0 Å². The van der Waals surface area contributed by atoms with Crippen LogP contribution >= 0.6 is 15.9 Å². The van der Waals surface area contributed by atoms with Crippen LogP contribution < -0.4 is 10.2 Å². The van der Waals surface area contributed by atoms with Gasteiger partial charge in [0.15, 0.2) is 0 Å². The van der Waals surface area contributed by atoms with Crippen LogP contribution in [0.4, 0.5) is 5.69 Å². The van der Waals surface area contributed by atoms with Crippen LogP contribution in [0.3, 0.4) is 0 Å². The Morgan fingerprint density at radius 1 is 1.56 bits per heavy atom. The highest BCUT2D eigenvalue weighted by Gasteiger charge is 2.31. The molecule has 1 aliphatic heterocycles. The van der Waals surface area contributed by atoms with E-state index in [0.29, 0.717) is 6.42 Å². The molecule has 1 atom stereocenters. The van der Waals surface area contributed by atoms with Crippen molar-refractivity contribution in [3.8, 4) is 6.07 Å². The molecule has 0 saturated carbocycles. The van der Waals surface area contributed by atoms with Gasteiger partial charge in [0.25, 0.3) is 0 Å². The van der Waals surface area contributed by atoms with Gasteiger partial charge in [0.2, 0.25) is 0 Å². The van der Waals surface area contributed by atoms with Crippen molar-refractivity contribution in [2.75, 3.05) is 18.0 Å². The van der Waals surface area contributed by atoms with E-state index in [1.807, 2.05) is 12.1 Å². The number of hydrogen-bond donors (Lipinski definition) is 1. The number of nitrogens with zero attached hydrogens (tertiary/aromatic N) is 2. The number of hydrogen-bond acceptors (Lipinski definition) is 3. The number of anilines is 1. The Balaban J connectivity index is 2.20. The smallest absolute Gasteiger partial charge is 0.0638 e. The molecular weight excluding hydrogens is 290 g/mol. The summed E-state index contributed by atoms with van der Waals surface area (Å²) in [5.74, 6) is 0. The van der Waals surface area contributed by atoms with Crippen molar-refractivity contribution in [2.24, 2.45) is 0 Å². The van der Waals surface area contributed by atoms with Gasteiger partial charge >= 0.3 is 0 Å². The molecule has 1 saturated heterocycles. The summed E-state index contributed by atoms with van der Waals surface area (Å²) < 4.78 is 1.09. The van der Waals surface area contributed by atoms with Gasteiger partial charge < -0.3 is 10.2 Å². The fourth-order valence-electron chi connectivity index (χ4n) is 2.55. The van der Waals surface area contributed by atoms with Crippen molar-refractivity contribution in [3.05, 3.63) is 28.7 Å². The summed E-state index contributed by atoms with van der Waals surface area (Å²) in [5.41, 5.74) is 1.24. The van der Waals surface area contributed by atoms with Gasteiger partial charge in [-0.2, -0.15) is 5.26 Å². The van der Waals surface area contributed by atoms with Gasteiger partial charge in [0.05, 0.1) is 12.5 Å². The summed E-state index contributed by atoms with van der Waals surface area (Å²) in [4.78, 5) is 2.35. The third kappa shape index (κ3) is 3.24. The predicted molar refractivity (Wildman–Crippen MR) is 77.6 cm³/mol. The molecule has 1 N–H and O–H groups in total. The van der Waals surface area contributed by atoms with Crippen LogP contribution in [-0.4, -0.2) is 24.7 Å². The molecule has 0 aliphatic carbocycles. The predicted octanol–water partition coefficient (Wildman–Crippen LogP) is 2.92. The summed E-state index contributed by atoms with van der Waals surface area (Å²) >= 11 is 3.51. The van der Waals surface area contributed by atoms with Crippen LogP contribution in [-0.2, 0) is 0 Å². The summed E-state index contributed by atoms with van der Waals surface area (Å²) in [6, 6.07) is 10.8. The molecule has 3 nitrogen and oxygen atoms in total. The number of piperazine rings is 1. The number of rotatable bonds is 2. The van der Waals surface area contributed by atoms with Gasteiger partial charge in [-0.05, 0) is 32.0 Å². The minimum atomic E-state index is 0.0298. The minimum absolute atomic E-state index is 0.0298. The van der Waals surface area contributed by atoms with Crippen LogP contribution in [0.5, 0.6) is 0 Å². The van der Waals surface area contributed by atoms with Crippen molar-refractivity contribution < 1.29 is 0 Å². The quantitative estimate of drug-likeness (QED) is 0.913. The molecule has 1 aliphatic rings. The summed E-state index contributed by atoms with van der Waals surface area (Å²) in [6.45, 7) is 6.20. The zero-order valence-corrected chi connectivity index (χ0v) is 12.4. The number of benzene rings is 1. The molecule has 18 heavy (non-hydrogen) atoms. The van der Waals surface area contributed by atoms with Crippen molar-refractivity contribution in [3.63, 3.8) is 0 Å². The highest BCUT2D eigenvalue weighted by atomic mass is 79.9. The SMILES string of the molecule is CC1(C)CN(c2cccc(Br)c2)CC(CC#N)N1. The van der Waals surface area contributed by atoms with E-state index in [0.717, 1.165) is 17.6 Å². The standard InChI is InChI=1S/C14H18BrN3/c1-14(2)10-18(9-12(17-14)6-7-16)13-5-3-4-11(15)8-13/h3-5,8,12,17H,6,9-10H2,1-2H3. The summed E-state index contributed by atoms with van der Waals surface area (Å²) in [7, 11) is 0. The molecule has 0 bridgehead atoms. The van der Waals surface area contributed by atoms with E-state index in [4.69, 9.17) is 5.26 Å². The lowest BCUT2D eigenvalue weighted by atomic mass is 9.97. The Hall–Kier alpha value is -1.05. The van der Waals surface area contributed by atoms with Crippen molar-refractivity contribution >= 4 is 21.6 Å². The fraction of sp³-hybridized carbons (Fsp3) is 0.500. The molecule has 1 fully saturated rings. The number of halogens is 1. The Morgan fingerprint density at radius 2 is 2.33 bits per heavy atom. The third-order valence-corrected chi connectivity index (χ3v) is 3.63. The minimum Gasteiger partial charge on any atom is -0.368 e. The van der Waals surface area contributed by atoms with E-state index < -0.39 is 0 Å². The second-order valence-corrected chi connectivity index (χ2v) is 6.36. The zero-order chi connectivity index (χ0) is 13.2. The Bertz CT molecular complexity index is 464. The van der Waals surface area contributed by atoms with E-state index >= 15 is 0 Å². The lowest BCUT2D eigenvalue weighted by Gasteiger charge is -2.44. The van der Waals surface area contributed by atoms with Crippen molar-refractivity contribution in [1.29, 1.82) is 5.26 Å². The number of nitrogens with one attached hydrogen (secondary N) is 1. The zero-order valence-electron chi connectivity index (χ0n) is 10.8. The molecule has 1 aromatic rings. The molecule has 1 heterocycles. The maximum atomic E-state index is 8.87. The third-order valence-electron chi connectivity index (χ3n) is 3.13. The Morgan fingerprint density at radius 3 is 3.00 bits per heavy atom. The first-order chi connectivity index (χ1) is 8.50. The second kappa shape index (κ2) is 5.29. The first kappa shape index (κ1) is 13.4. The average molecular weight is 308 g/mol. The van der Waals surface area contributed by atoms with Crippen LogP contribution in [0, 0.1) is 11.3 Å². The molecule has 1 aromatic carbocycles. The Kier molecular flexibility index (Phi) is 3.94. The molecule has 2 rings (SSSR count). The highest BCUT2D eigenvalue weighted by Crippen LogP contribution is 2.25. The van der Waals surface area contributed by atoms with E-state index in [2.05, 4.69) is 58.2 Å². The maximum Gasteiger partial charge on any atom is 0.0638 e. The molecule has 0 spiro atoms.